The molecule has 13 heteroatoms. The maximum atomic E-state index is 13.0. The van der Waals surface area contributed by atoms with Crippen LogP contribution in [-0.2, 0) is 19.2 Å². The number of rotatable bonds is 11. The second-order valence-electron chi connectivity index (χ2n) is 8.53. The summed E-state index contributed by atoms with van der Waals surface area (Å²) in [5, 5.41) is 23.3. The molecule has 0 radical (unpaired) electrons. The number of benzene rings is 2. The van der Waals surface area contributed by atoms with Crippen LogP contribution in [0.15, 0.2) is 53.5 Å². The van der Waals surface area contributed by atoms with Crippen LogP contribution in [0.4, 0.5) is 5.69 Å². The zero-order chi connectivity index (χ0) is 28.0. The zero-order valence-electron chi connectivity index (χ0n) is 20.5. The quantitative estimate of drug-likeness (QED) is 0.158. The number of carbonyl (C=O) groups is 5. The van der Waals surface area contributed by atoms with Gasteiger partial charge in [-0.25, -0.2) is 14.8 Å². The van der Waals surface area contributed by atoms with E-state index in [4.69, 9.17) is 16.6 Å². The van der Waals surface area contributed by atoms with E-state index in [1.54, 1.807) is 48.5 Å². The number of hydrogen-bond acceptors (Lipinski definition) is 6. The van der Waals surface area contributed by atoms with Crippen molar-refractivity contribution in [1.29, 1.82) is 0 Å². The van der Waals surface area contributed by atoms with Gasteiger partial charge in [0.15, 0.2) is 5.96 Å². The molecular weight excluding hydrogens is 496 g/mol. The van der Waals surface area contributed by atoms with Gasteiger partial charge in [0, 0.05) is 19.0 Å². The van der Waals surface area contributed by atoms with Crippen molar-refractivity contribution in [3.05, 3.63) is 54.1 Å². The highest BCUT2D eigenvalue weighted by Crippen LogP contribution is 2.32. The van der Waals surface area contributed by atoms with Gasteiger partial charge in [0.2, 0.25) is 5.91 Å². The lowest BCUT2D eigenvalue weighted by atomic mass is 9.98. The lowest BCUT2D eigenvalue weighted by Gasteiger charge is -2.48. The fourth-order valence-electron chi connectivity index (χ4n) is 4.10. The molecule has 0 aromatic heterocycles. The summed E-state index contributed by atoms with van der Waals surface area (Å²) in [5.41, 5.74) is 12.2. The van der Waals surface area contributed by atoms with Crippen molar-refractivity contribution < 1.29 is 34.2 Å². The largest absolute Gasteiger partial charge is 0.481 e. The molecule has 1 aliphatic rings. The Bertz CT molecular complexity index is 1270. The molecule has 0 aliphatic carbocycles. The van der Waals surface area contributed by atoms with E-state index in [1.165, 1.54) is 6.92 Å². The summed E-state index contributed by atoms with van der Waals surface area (Å²) in [4.78, 5) is 64.1. The number of nitrogens with one attached hydrogen (secondary N) is 1. The van der Waals surface area contributed by atoms with Crippen LogP contribution >= 0.6 is 0 Å². The summed E-state index contributed by atoms with van der Waals surface area (Å²) in [7, 11) is 0. The first-order valence-electron chi connectivity index (χ1n) is 11.6. The number of guanidine groups is 1. The summed E-state index contributed by atoms with van der Waals surface area (Å²) in [5.74, 6) is -4.08. The number of nitrogens with zero attached hydrogens (tertiary/aromatic N) is 3. The van der Waals surface area contributed by atoms with E-state index >= 15 is 0 Å². The van der Waals surface area contributed by atoms with Gasteiger partial charge in [0.1, 0.15) is 12.1 Å². The Hall–Kier alpha value is -4.94. The van der Waals surface area contributed by atoms with E-state index in [-0.39, 0.29) is 24.5 Å². The van der Waals surface area contributed by atoms with Crippen molar-refractivity contribution >= 4 is 41.3 Å². The second-order valence-corrected chi connectivity index (χ2v) is 8.53. The molecule has 1 fully saturated rings. The smallest absolute Gasteiger partial charge is 0.326 e. The maximum Gasteiger partial charge on any atom is 0.326 e. The van der Waals surface area contributed by atoms with Crippen LogP contribution in [0.25, 0.3) is 11.1 Å². The summed E-state index contributed by atoms with van der Waals surface area (Å²) >= 11 is 0. The molecule has 2 aromatic carbocycles. The van der Waals surface area contributed by atoms with E-state index in [0.29, 0.717) is 23.2 Å². The molecule has 38 heavy (non-hydrogen) atoms. The highest BCUT2D eigenvalue weighted by atomic mass is 16.4. The third-order valence-corrected chi connectivity index (χ3v) is 5.84. The van der Waals surface area contributed by atoms with Crippen LogP contribution in [0.5, 0.6) is 0 Å². The van der Waals surface area contributed by atoms with Crippen LogP contribution in [-0.4, -0.2) is 69.5 Å². The number of hydrazine groups is 1. The first kappa shape index (κ1) is 27.6. The van der Waals surface area contributed by atoms with Gasteiger partial charge in [-0.05, 0) is 42.2 Å². The Kier molecular flexibility index (Phi) is 8.63. The molecule has 7 N–H and O–H groups in total. The lowest BCUT2D eigenvalue weighted by Crippen LogP contribution is -2.71. The van der Waals surface area contributed by atoms with Crippen molar-refractivity contribution in [2.24, 2.45) is 16.5 Å². The second kappa shape index (κ2) is 11.9. The first-order valence-corrected chi connectivity index (χ1v) is 11.6. The third kappa shape index (κ3) is 6.24. The number of aliphatic imine (C=N–C) groups is 1. The Morgan fingerprint density at radius 1 is 1.05 bits per heavy atom. The number of hydrogen-bond donors (Lipinski definition) is 5. The number of carbonyl (C=O) groups excluding carboxylic acids is 3. The van der Waals surface area contributed by atoms with Gasteiger partial charge in [-0.2, -0.15) is 0 Å². The van der Waals surface area contributed by atoms with E-state index < -0.39 is 48.2 Å². The molecule has 1 saturated heterocycles. The average Bonchev–Trinajstić information content (AvgIpc) is 2.86. The molecule has 3 rings (SSSR count). The monoisotopic (exact) mass is 524 g/mol. The Labute approximate surface area is 217 Å². The summed E-state index contributed by atoms with van der Waals surface area (Å²) in [6.07, 6.45) is -0.0344. The highest BCUT2D eigenvalue weighted by molar-refractivity contribution is 6.09. The van der Waals surface area contributed by atoms with Crippen molar-refractivity contribution in [1.82, 2.24) is 10.3 Å². The fourth-order valence-corrected chi connectivity index (χ4v) is 4.10. The molecule has 3 amide bonds. The normalized spacial score (nSPS) is 15.3. The van der Waals surface area contributed by atoms with Gasteiger partial charge >= 0.3 is 11.9 Å². The van der Waals surface area contributed by atoms with Gasteiger partial charge in [0.05, 0.1) is 12.1 Å². The van der Waals surface area contributed by atoms with E-state index in [2.05, 4.69) is 10.3 Å². The molecule has 2 aromatic rings. The topological polar surface area (TPSA) is 209 Å². The summed E-state index contributed by atoms with van der Waals surface area (Å²) in [6, 6.07) is 10.8. The van der Waals surface area contributed by atoms with E-state index in [1.807, 2.05) is 0 Å². The van der Waals surface area contributed by atoms with Crippen LogP contribution in [0.2, 0.25) is 0 Å². The average molecular weight is 525 g/mol. The molecule has 0 bridgehead atoms. The number of carboxylic acid groups (broad SMARTS) is 2. The Balaban J connectivity index is 1.78. The van der Waals surface area contributed by atoms with Gasteiger partial charge in [-0.3, -0.25) is 24.2 Å². The van der Waals surface area contributed by atoms with Crippen molar-refractivity contribution in [2.75, 3.05) is 11.6 Å². The van der Waals surface area contributed by atoms with E-state index in [9.17, 15) is 29.1 Å². The lowest BCUT2D eigenvalue weighted by molar-refractivity contribution is -0.157. The number of anilines is 1. The summed E-state index contributed by atoms with van der Waals surface area (Å²) < 4.78 is 0. The number of carboxylic acids is 2. The van der Waals surface area contributed by atoms with Crippen molar-refractivity contribution in [3.8, 4) is 11.1 Å². The molecule has 0 saturated carbocycles. The third-order valence-electron chi connectivity index (χ3n) is 5.84. The highest BCUT2D eigenvalue weighted by Gasteiger charge is 2.49. The van der Waals surface area contributed by atoms with Crippen LogP contribution in [0.3, 0.4) is 0 Å². The van der Waals surface area contributed by atoms with Crippen molar-refractivity contribution in [3.63, 3.8) is 0 Å². The van der Waals surface area contributed by atoms with Gasteiger partial charge < -0.3 is 27.0 Å². The van der Waals surface area contributed by atoms with Crippen LogP contribution in [0.1, 0.15) is 36.5 Å². The van der Waals surface area contributed by atoms with E-state index in [0.717, 1.165) is 10.0 Å². The predicted molar refractivity (Wildman–Crippen MR) is 137 cm³/mol. The maximum absolute atomic E-state index is 13.0. The SMILES string of the molecule is CC(=O)N1[C@@H](CC(=O)O)C(=O)N1c1ccc(-c2ccccc2C(=O)N[C@@H](CCCN=C(N)N)C(=O)O)cc1. The zero-order valence-corrected chi connectivity index (χ0v) is 20.5. The van der Waals surface area contributed by atoms with Crippen molar-refractivity contribution in [2.45, 2.75) is 38.3 Å². The Morgan fingerprint density at radius 3 is 2.29 bits per heavy atom. The molecule has 13 nitrogen and oxygen atoms in total. The standard InChI is InChI=1S/C25H28N6O7/c1-14(32)30-20(13-21(33)34)23(36)31(30)16-10-8-15(9-11-16)17-5-2-3-6-18(17)22(35)29-19(24(37)38)7-4-12-28-25(26)27/h2-3,5-6,8-11,19-20H,4,7,12-13H2,1H3,(H,29,35)(H,33,34)(H,37,38)(H4,26,27,28)/t19-,20-/m0/s1. The summed E-state index contributed by atoms with van der Waals surface area (Å²) in [6.45, 7) is 1.46. The number of amides is 3. The minimum atomic E-state index is -1.20. The fraction of sp³-hybridized carbons (Fsp3) is 0.280. The molecule has 2 atom stereocenters. The molecule has 200 valence electrons. The van der Waals surface area contributed by atoms with Gasteiger partial charge in [-0.1, -0.05) is 30.3 Å². The molecule has 0 unspecified atom stereocenters. The van der Waals surface area contributed by atoms with Gasteiger partial charge in [0.25, 0.3) is 11.8 Å². The molecule has 1 heterocycles. The minimum Gasteiger partial charge on any atom is -0.481 e. The number of nitrogens with two attached hydrogens (primary N) is 2. The number of aliphatic carboxylic acids is 2. The molecule has 0 spiro atoms. The first-order chi connectivity index (χ1) is 18.0. The Morgan fingerprint density at radius 2 is 1.71 bits per heavy atom. The van der Waals surface area contributed by atoms with Crippen LogP contribution < -0.4 is 21.8 Å². The van der Waals surface area contributed by atoms with Crippen LogP contribution in [0, 0.1) is 0 Å². The minimum absolute atomic E-state index is 0.103. The molecular formula is C25H28N6O7. The predicted octanol–water partition coefficient (Wildman–Crippen LogP) is 0.544. The van der Waals surface area contributed by atoms with Gasteiger partial charge in [-0.15, -0.1) is 0 Å². The molecule has 1 aliphatic heterocycles.